The van der Waals surface area contributed by atoms with Gasteiger partial charge in [0.15, 0.2) is 24.6 Å². The summed E-state index contributed by atoms with van der Waals surface area (Å²) < 4.78 is 40.1. The summed E-state index contributed by atoms with van der Waals surface area (Å²) in [5, 5.41) is 20.5. The third-order valence-corrected chi connectivity index (χ3v) is 7.59. The lowest BCUT2D eigenvalue weighted by Gasteiger charge is -2.44. The number of benzene rings is 1. The van der Waals surface area contributed by atoms with Crippen molar-refractivity contribution in [3.05, 3.63) is 54.3 Å². The maximum Gasteiger partial charge on any atom is 0.331 e. The third-order valence-electron chi connectivity index (χ3n) is 7.59. The van der Waals surface area contributed by atoms with E-state index in [-0.39, 0.29) is 6.61 Å². The number of hydrogen-bond donors (Lipinski definition) is 2. The molecule has 12 heteroatoms. The van der Waals surface area contributed by atoms with Gasteiger partial charge >= 0.3 is 17.9 Å². The first-order chi connectivity index (χ1) is 19.1. The molecular weight excluding hydrogens is 528 g/mol. The van der Waals surface area contributed by atoms with E-state index in [2.05, 4.69) is 0 Å². The van der Waals surface area contributed by atoms with Crippen LogP contribution in [0, 0.1) is 11.8 Å². The molecule has 12 nitrogen and oxygen atoms in total. The molecule has 1 aromatic rings. The molecule has 40 heavy (non-hydrogen) atoms. The van der Waals surface area contributed by atoms with Crippen LogP contribution in [0.5, 0.6) is 0 Å². The van der Waals surface area contributed by atoms with Crippen LogP contribution >= 0.6 is 0 Å². The van der Waals surface area contributed by atoms with Gasteiger partial charge in [-0.3, -0.25) is 9.59 Å². The van der Waals surface area contributed by atoms with Gasteiger partial charge in [0.2, 0.25) is 6.29 Å². The first-order valence-corrected chi connectivity index (χ1v) is 13.0. The Balaban J connectivity index is 1.41. The summed E-state index contributed by atoms with van der Waals surface area (Å²) in [7, 11) is 0. The minimum Gasteiger partial charge on any atom is -0.473 e. The van der Waals surface area contributed by atoms with Crippen LogP contribution in [0.25, 0.3) is 6.08 Å². The van der Waals surface area contributed by atoms with Gasteiger partial charge in [-0.05, 0) is 24.6 Å². The van der Waals surface area contributed by atoms with Crippen LogP contribution in [0.3, 0.4) is 0 Å². The molecule has 0 amide bonds. The second-order valence-electron chi connectivity index (χ2n) is 10.2. The molecule has 0 aromatic heterocycles. The summed E-state index contributed by atoms with van der Waals surface area (Å²) in [5.41, 5.74) is -0.307. The van der Waals surface area contributed by atoms with Gasteiger partial charge in [0.05, 0.1) is 31.0 Å². The molecule has 2 N–H and O–H groups in total. The lowest BCUT2D eigenvalue weighted by Crippen LogP contribution is -2.62. The number of carbonyl (C=O) groups is 3. The van der Waals surface area contributed by atoms with E-state index in [0.29, 0.717) is 0 Å². The predicted molar refractivity (Wildman–Crippen MR) is 134 cm³/mol. The summed E-state index contributed by atoms with van der Waals surface area (Å²) in [6.45, 7) is 3.61. The molecule has 0 radical (unpaired) electrons. The molecule has 5 rings (SSSR count). The van der Waals surface area contributed by atoms with Gasteiger partial charge in [-0.25, -0.2) is 4.79 Å². The Morgan fingerprint density at radius 3 is 2.38 bits per heavy atom. The van der Waals surface area contributed by atoms with Crippen molar-refractivity contribution in [1.82, 2.24) is 0 Å². The van der Waals surface area contributed by atoms with Crippen LogP contribution in [0.4, 0.5) is 0 Å². The van der Waals surface area contributed by atoms with Crippen molar-refractivity contribution in [3.63, 3.8) is 0 Å². The van der Waals surface area contributed by atoms with Gasteiger partial charge in [-0.2, -0.15) is 0 Å². The summed E-state index contributed by atoms with van der Waals surface area (Å²) >= 11 is 0. The summed E-state index contributed by atoms with van der Waals surface area (Å²) in [4.78, 5) is 37.0. The zero-order valence-corrected chi connectivity index (χ0v) is 22.2. The van der Waals surface area contributed by atoms with Crippen molar-refractivity contribution in [1.29, 1.82) is 0 Å². The first-order valence-electron chi connectivity index (χ1n) is 13.0. The maximum atomic E-state index is 12.9. The highest BCUT2D eigenvalue weighted by Gasteiger charge is 2.76. The average molecular weight is 561 g/mol. The molecule has 0 spiro atoms. The van der Waals surface area contributed by atoms with Gasteiger partial charge in [0.25, 0.3) is 0 Å². The standard InChI is InChI=1S/C28H32O12/c1-14-21(36-15(2)30)23(38-19(32)10-9-17-7-5-4-6-8-17)24(37-16(3)31)27(35-14)39-22-18-11-12-34-26(33)20(18)28(13-29)25(22)40-28/h4-12,14,18,20-27,29,33H,13H2,1-3H3/b10-9-/t14-,18-,20-,21-,22+,23+,24-,25+,26-,27+,28-/m0/s1. The number of ether oxygens (including phenoxy) is 7. The number of fused-ring (bicyclic) bond motifs is 3. The molecule has 1 aliphatic carbocycles. The Kier molecular flexibility index (Phi) is 7.98. The van der Waals surface area contributed by atoms with E-state index < -0.39 is 84.5 Å². The number of esters is 3. The van der Waals surface area contributed by atoms with Gasteiger partial charge in [-0.15, -0.1) is 0 Å². The van der Waals surface area contributed by atoms with Crippen molar-refractivity contribution >= 4 is 24.0 Å². The Morgan fingerprint density at radius 2 is 1.70 bits per heavy atom. The fraction of sp³-hybridized carbons (Fsp3) is 0.536. The second kappa shape index (κ2) is 11.3. The largest absolute Gasteiger partial charge is 0.473 e. The van der Waals surface area contributed by atoms with Crippen molar-refractivity contribution in [3.8, 4) is 0 Å². The molecule has 216 valence electrons. The normalized spacial score (nSPS) is 39.5. The zero-order valence-electron chi connectivity index (χ0n) is 22.2. The molecule has 3 fully saturated rings. The molecule has 0 unspecified atom stereocenters. The molecule has 2 saturated heterocycles. The molecule has 0 bridgehead atoms. The van der Waals surface area contributed by atoms with Crippen LogP contribution in [-0.4, -0.2) is 89.5 Å². The fourth-order valence-electron chi connectivity index (χ4n) is 5.85. The lowest BCUT2D eigenvalue weighted by atomic mass is 9.86. The van der Waals surface area contributed by atoms with Crippen molar-refractivity contribution in [2.24, 2.45) is 11.8 Å². The van der Waals surface area contributed by atoms with Crippen molar-refractivity contribution in [2.45, 2.75) is 75.6 Å². The highest BCUT2D eigenvalue weighted by Crippen LogP contribution is 2.60. The molecule has 3 aliphatic heterocycles. The number of rotatable bonds is 8. The van der Waals surface area contributed by atoms with Gasteiger partial charge in [0, 0.05) is 25.8 Å². The number of aliphatic hydroxyl groups excluding tert-OH is 2. The molecule has 3 heterocycles. The summed E-state index contributed by atoms with van der Waals surface area (Å²) in [6, 6.07) is 9.08. The summed E-state index contributed by atoms with van der Waals surface area (Å²) in [6.07, 6.45) is -2.60. The monoisotopic (exact) mass is 560 g/mol. The van der Waals surface area contributed by atoms with Crippen LogP contribution in [-0.2, 0) is 47.5 Å². The van der Waals surface area contributed by atoms with Crippen LogP contribution in [0.2, 0.25) is 0 Å². The lowest BCUT2D eigenvalue weighted by molar-refractivity contribution is -0.315. The number of epoxide rings is 1. The van der Waals surface area contributed by atoms with Crippen molar-refractivity contribution in [2.75, 3.05) is 6.61 Å². The van der Waals surface area contributed by atoms with E-state index in [0.717, 1.165) is 5.56 Å². The van der Waals surface area contributed by atoms with E-state index >= 15 is 0 Å². The fourth-order valence-corrected chi connectivity index (χ4v) is 5.85. The molecular formula is C28H32O12. The first kappa shape index (κ1) is 28.2. The minimum absolute atomic E-state index is 0.370. The maximum absolute atomic E-state index is 12.9. The Labute approximate surface area is 230 Å². The Morgan fingerprint density at radius 1 is 1.00 bits per heavy atom. The smallest absolute Gasteiger partial charge is 0.331 e. The highest BCUT2D eigenvalue weighted by molar-refractivity contribution is 5.87. The number of aliphatic hydroxyl groups is 2. The van der Waals surface area contributed by atoms with Crippen LogP contribution < -0.4 is 0 Å². The molecule has 1 saturated carbocycles. The van der Waals surface area contributed by atoms with Gasteiger partial charge < -0.3 is 43.4 Å². The topological polar surface area (TPSA) is 160 Å². The SMILES string of the molecule is CC(=O)O[C@@H]1[C@@H](O[C@@H]2[C@H]3C=CO[C@H](O)[C@H]3[C@]3(CO)O[C@H]23)O[C@@H](C)[C@H](OC(C)=O)[C@H]1OC(=O)/C=C\c1ccccc1. The molecule has 4 aliphatic rings. The van der Waals surface area contributed by atoms with E-state index in [1.54, 1.807) is 31.2 Å². The Hall–Kier alpha value is -3.29. The predicted octanol–water partition coefficient (Wildman–Crippen LogP) is 0.843. The van der Waals surface area contributed by atoms with E-state index in [9.17, 15) is 24.6 Å². The zero-order chi connectivity index (χ0) is 28.6. The molecule has 1 aromatic carbocycles. The number of carbonyl (C=O) groups excluding carboxylic acids is 3. The summed E-state index contributed by atoms with van der Waals surface area (Å²) in [5.74, 6) is -3.17. The van der Waals surface area contributed by atoms with Gasteiger partial charge in [-0.1, -0.05) is 30.3 Å². The third kappa shape index (κ3) is 5.37. The number of hydrogen-bond acceptors (Lipinski definition) is 12. The highest BCUT2D eigenvalue weighted by atomic mass is 16.7. The van der Waals surface area contributed by atoms with E-state index in [1.807, 2.05) is 18.2 Å². The Bertz CT molecular complexity index is 1170. The van der Waals surface area contributed by atoms with E-state index in [1.165, 1.54) is 26.2 Å². The molecule has 11 atom stereocenters. The van der Waals surface area contributed by atoms with Crippen LogP contribution in [0.1, 0.15) is 26.3 Å². The van der Waals surface area contributed by atoms with Crippen molar-refractivity contribution < 1.29 is 57.8 Å². The minimum atomic E-state index is -1.33. The van der Waals surface area contributed by atoms with Gasteiger partial charge in [0.1, 0.15) is 11.7 Å². The van der Waals surface area contributed by atoms with Crippen LogP contribution in [0.15, 0.2) is 48.7 Å². The quantitative estimate of drug-likeness (QED) is 0.200. The van der Waals surface area contributed by atoms with E-state index in [4.69, 9.17) is 33.2 Å². The second-order valence-corrected chi connectivity index (χ2v) is 10.2. The average Bonchev–Trinajstić information content (AvgIpc) is 3.58.